The van der Waals surface area contributed by atoms with E-state index in [0.717, 1.165) is 11.3 Å². The third-order valence-corrected chi connectivity index (χ3v) is 5.95. The fraction of sp³-hybridized carbons (Fsp3) is 0.211. The van der Waals surface area contributed by atoms with Gasteiger partial charge in [0.25, 0.3) is 0 Å². The molecule has 1 aromatic heterocycles. The molecule has 0 atom stereocenters. The van der Waals surface area contributed by atoms with Crippen LogP contribution < -0.4 is 10.1 Å². The van der Waals surface area contributed by atoms with Gasteiger partial charge in [0.05, 0.1) is 15.8 Å². The van der Waals surface area contributed by atoms with Crippen LogP contribution in [0, 0.1) is 6.92 Å². The van der Waals surface area contributed by atoms with Crippen molar-refractivity contribution >= 4 is 58.2 Å². The standard InChI is InChI=1S/C19H17Cl3N4O2S/c1-11-7-12(20)3-6-16(11)28-9-17-24-25-19(26(17)2)29-10-18(27)23-13-4-5-14(21)15(22)8-13/h3-8H,9-10H2,1-2H3,(H,23,27). The average Bonchev–Trinajstić information content (AvgIpc) is 3.02. The highest BCUT2D eigenvalue weighted by molar-refractivity contribution is 7.99. The fourth-order valence-electron chi connectivity index (χ4n) is 2.41. The molecule has 0 saturated heterocycles. The Morgan fingerprint density at radius 2 is 1.93 bits per heavy atom. The van der Waals surface area contributed by atoms with Crippen molar-refractivity contribution in [3.63, 3.8) is 0 Å². The number of anilines is 1. The van der Waals surface area contributed by atoms with Crippen molar-refractivity contribution in [3.8, 4) is 5.75 Å². The first-order valence-corrected chi connectivity index (χ1v) is 10.6. The lowest BCUT2D eigenvalue weighted by Crippen LogP contribution is -2.14. The molecule has 3 rings (SSSR count). The highest BCUT2D eigenvalue weighted by Crippen LogP contribution is 2.26. The highest BCUT2D eigenvalue weighted by Gasteiger charge is 2.13. The van der Waals surface area contributed by atoms with E-state index in [-0.39, 0.29) is 18.3 Å². The van der Waals surface area contributed by atoms with Crippen LogP contribution in [-0.4, -0.2) is 26.4 Å². The number of aromatic nitrogens is 3. The van der Waals surface area contributed by atoms with Crippen LogP contribution in [0.3, 0.4) is 0 Å². The summed E-state index contributed by atoms with van der Waals surface area (Å²) in [5.41, 5.74) is 1.52. The molecule has 0 spiro atoms. The number of aryl methyl sites for hydroxylation is 1. The lowest BCUT2D eigenvalue weighted by atomic mass is 10.2. The third-order valence-electron chi connectivity index (χ3n) is 3.95. The minimum Gasteiger partial charge on any atom is -0.485 e. The predicted molar refractivity (Wildman–Crippen MR) is 117 cm³/mol. The van der Waals surface area contributed by atoms with Crippen LogP contribution in [0.1, 0.15) is 11.4 Å². The second kappa shape index (κ2) is 9.71. The highest BCUT2D eigenvalue weighted by atomic mass is 35.5. The van der Waals surface area contributed by atoms with Crippen molar-refractivity contribution < 1.29 is 9.53 Å². The minimum atomic E-state index is -0.189. The first-order chi connectivity index (χ1) is 13.8. The van der Waals surface area contributed by atoms with Crippen LogP contribution in [0.5, 0.6) is 5.75 Å². The minimum absolute atomic E-state index is 0.170. The number of hydrogen-bond acceptors (Lipinski definition) is 5. The summed E-state index contributed by atoms with van der Waals surface area (Å²) >= 11 is 19.1. The molecule has 0 aliphatic carbocycles. The van der Waals surface area contributed by atoms with E-state index >= 15 is 0 Å². The quantitative estimate of drug-likeness (QED) is 0.468. The van der Waals surface area contributed by atoms with Crippen molar-refractivity contribution in [2.24, 2.45) is 7.05 Å². The maximum absolute atomic E-state index is 12.2. The van der Waals surface area contributed by atoms with Gasteiger partial charge >= 0.3 is 0 Å². The van der Waals surface area contributed by atoms with Crippen LogP contribution in [0.25, 0.3) is 0 Å². The topological polar surface area (TPSA) is 69.0 Å². The summed E-state index contributed by atoms with van der Waals surface area (Å²) < 4.78 is 7.60. The summed E-state index contributed by atoms with van der Waals surface area (Å²) in [4.78, 5) is 12.2. The largest absolute Gasteiger partial charge is 0.485 e. The van der Waals surface area contributed by atoms with E-state index in [0.29, 0.717) is 31.7 Å². The molecule has 0 saturated carbocycles. The number of nitrogens with zero attached hydrogens (tertiary/aromatic N) is 3. The van der Waals surface area contributed by atoms with E-state index in [1.807, 2.05) is 26.1 Å². The Bertz CT molecular complexity index is 1040. The van der Waals surface area contributed by atoms with Crippen molar-refractivity contribution in [1.29, 1.82) is 0 Å². The lowest BCUT2D eigenvalue weighted by molar-refractivity contribution is -0.113. The number of rotatable bonds is 7. The van der Waals surface area contributed by atoms with E-state index < -0.39 is 0 Å². The number of ether oxygens (including phenoxy) is 1. The Hall–Kier alpha value is -1.93. The summed E-state index contributed by atoms with van der Waals surface area (Å²) in [7, 11) is 1.83. The normalized spacial score (nSPS) is 10.8. The van der Waals surface area contributed by atoms with Gasteiger partial charge in [0, 0.05) is 17.8 Å². The molecule has 2 aromatic carbocycles. The number of halogens is 3. The third kappa shape index (κ3) is 5.79. The summed E-state index contributed by atoms with van der Waals surface area (Å²) in [6.45, 7) is 2.17. The van der Waals surface area contributed by atoms with Gasteiger partial charge in [-0.25, -0.2) is 0 Å². The van der Waals surface area contributed by atoms with E-state index in [4.69, 9.17) is 39.5 Å². The SMILES string of the molecule is Cc1cc(Cl)ccc1OCc1nnc(SCC(=O)Nc2ccc(Cl)c(Cl)c2)n1C. The van der Waals surface area contributed by atoms with E-state index in [1.165, 1.54) is 11.8 Å². The van der Waals surface area contributed by atoms with Gasteiger partial charge in [0.15, 0.2) is 11.0 Å². The van der Waals surface area contributed by atoms with Gasteiger partial charge in [-0.1, -0.05) is 46.6 Å². The number of carbonyl (C=O) groups is 1. The van der Waals surface area contributed by atoms with Gasteiger partial charge in [-0.3, -0.25) is 4.79 Å². The molecule has 6 nitrogen and oxygen atoms in total. The molecule has 1 N–H and O–H groups in total. The fourth-order valence-corrected chi connectivity index (χ4v) is 3.67. The molecule has 0 fully saturated rings. The molecule has 1 amide bonds. The van der Waals surface area contributed by atoms with Crippen LogP contribution in [0.2, 0.25) is 15.1 Å². The number of nitrogens with one attached hydrogen (secondary N) is 1. The Labute approximate surface area is 187 Å². The second-order valence-electron chi connectivity index (χ2n) is 6.12. The molecule has 152 valence electrons. The van der Waals surface area contributed by atoms with E-state index in [9.17, 15) is 4.79 Å². The van der Waals surface area contributed by atoms with Crippen molar-refractivity contribution in [2.45, 2.75) is 18.7 Å². The van der Waals surface area contributed by atoms with Crippen LogP contribution in [0.4, 0.5) is 5.69 Å². The molecular formula is C19H17Cl3N4O2S. The first-order valence-electron chi connectivity index (χ1n) is 8.48. The monoisotopic (exact) mass is 470 g/mol. The van der Waals surface area contributed by atoms with Gasteiger partial charge in [-0.05, 0) is 48.9 Å². The summed E-state index contributed by atoms with van der Waals surface area (Å²) in [5.74, 6) is 1.36. The van der Waals surface area contributed by atoms with Crippen molar-refractivity contribution in [1.82, 2.24) is 14.8 Å². The summed E-state index contributed by atoms with van der Waals surface area (Å²) in [6, 6.07) is 10.3. The molecule has 29 heavy (non-hydrogen) atoms. The zero-order valence-electron chi connectivity index (χ0n) is 15.6. The van der Waals surface area contributed by atoms with Gasteiger partial charge in [-0.2, -0.15) is 0 Å². The van der Waals surface area contributed by atoms with Crippen molar-refractivity contribution in [3.05, 3.63) is 62.9 Å². The zero-order valence-corrected chi connectivity index (χ0v) is 18.7. The molecule has 3 aromatic rings. The predicted octanol–water partition coefficient (Wildman–Crippen LogP) is 5.39. The molecule has 0 aliphatic rings. The van der Waals surface area contributed by atoms with Crippen molar-refractivity contribution in [2.75, 3.05) is 11.1 Å². The second-order valence-corrected chi connectivity index (χ2v) is 8.32. The van der Waals surface area contributed by atoms with Crippen LogP contribution in [0.15, 0.2) is 41.6 Å². The first kappa shape index (κ1) is 21.8. The van der Waals surface area contributed by atoms with E-state index in [2.05, 4.69) is 15.5 Å². The van der Waals surface area contributed by atoms with Gasteiger partial charge in [-0.15, -0.1) is 10.2 Å². The summed E-state index contributed by atoms with van der Waals surface area (Å²) in [6.07, 6.45) is 0. The number of thioether (sulfide) groups is 1. The molecule has 0 radical (unpaired) electrons. The molecule has 0 bridgehead atoms. The smallest absolute Gasteiger partial charge is 0.234 e. The Kier molecular flexibility index (Phi) is 7.29. The Morgan fingerprint density at radius 1 is 1.14 bits per heavy atom. The number of benzene rings is 2. The molecule has 0 aliphatic heterocycles. The average molecular weight is 472 g/mol. The maximum Gasteiger partial charge on any atom is 0.234 e. The van der Waals surface area contributed by atoms with Gasteiger partial charge in [0.1, 0.15) is 12.4 Å². The summed E-state index contributed by atoms with van der Waals surface area (Å²) in [5, 5.41) is 13.1. The molecule has 1 heterocycles. The van der Waals surface area contributed by atoms with Crippen LogP contribution in [-0.2, 0) is 18.4 Å². The number of amides is 1. The maximum atomic E-state index is 12.2. The van der Waals surface area contributed by atoms with Crippen LogP contribution >= 0.6 is 46.6 Å². The Balaban J connectivity index is 1.55. The number of hydrogen-bond donors (Lipinski definition) is 1. The zero-order chi connectivity index (χ0) is 21.0. The molecule has 10 heteroatoms. The lowest BCUT2D eigenvalue weighted by Gasteiger charge is -2.09. The van der Waals surface area contributed by atoms with Gasteiger partial charge < -0.3 is 14.6 Å². The van der Waals surface area contributed by atoms with E-state index in [1.54, 1.807) is 28.8 Å². The number of carbonyl (C=O) groups excluding carboxylic acids is 1. The Morgan fingerprint density at radius 3 is 2.66 bits per heavy atom. The molecule has 0 unspecified atom stereocenters. The molecular weight excluding hydrogens is 455 g/mol. The van der Waals surface area contributed by atoms with Gasteiger partial charge in [0.2, 0.25) is 5.91 Å².